The van der Waals surface area contributed by atoms with Crippen molar-refractivity contribution in [2.45, 2.75) is 26.3 Å². The summed E-state index contributed by atoms with van der Waals surface area (Å²) in [4.78, 5) is 4.57. The van der Waals surface area contributed by atoms with Gasteiger partial charge < -0.3 is 5.32 Å². The molecule has 1 unspecified atom stereocenters. The van der Waals surface area contributed by atoms with Crippen LogP contribution in [0.5, 0.6) is 0 Å². The van der Waals surface area contributed by atoms with E-state index in [-0.39, 0.29) is 6.04 Å². The maximum absolute atomic E-state index is 6.11. The number of benzene rings is 1. The Bertz CT molecular complexity index is 554. The number of nitrogens with zero attached hydrogens (tertiary/aromatic N) is 1. The smallest absolute Gasteiger partial charge is 0.114 e. The topological polar surface area (TPSA) is 24.9 Å². The molecular formula is C14H16Cl2N2S. The minimum atomic E-state index is 0.0772. The first kappa shape index (κ1) is 14.8. The van der Waals surface area contributed by atoms with E-state index in [1.165, 1.54) is 0 Å². The van der Waals surface area contributed by atoms with Crippen molar-refractivity contribution in [3.05, 3.63) is 49.9 Å². The van der Waals surface area contributed by atoms with Gasteiger partial charge >= 0.3 is 0 Å². The van der Waals surface area contributed by atoms with E-state index in [9.17, 15) is 0 Å². The fraction of sp³-hybridized carbons (Fsp3) is 0.357. The molecule has 0 bridgehead atoms. The van der Waals surface area contributed by atoms with Crippen molar-refractivity contribution in [1.82, 2.24) is 10.3 Å². The molecule has 0 saturated heterocycles. The van der Waals surface area contributed by atoms with Crippen LogP contribution >= 0.6 is 34.5 Å². The van der Waals surface area contributed by atoms with Crippen molar-refractivity contribution in [3.8, 4) is 0 Å². The zero-order valence-corrected chi connectivity index (χ0v) is 13.2. The van der Waals surface area contributed by atoms with Gasteiger partial charge in [-0.1, -0.05) is 36.2 Å². The Morgan fingerprint density at radius 3 is 2.68 bits per heavy atom. The number of aromatic nitrogens is 1. The first-order valence-corrected chi connectivity index (χ1v) is 7.85. The molecule has 1 N–H and O–H groups in total. The summed E-state index contributed by atoms with van der Waals surface area (Å²) in [5, 5.41) is 7.79. The third-order valence-corrected chi connectivity index (χ3v) is 4.53. The first-order chi connectivity index (χ1) is 9.11. The highest BCUT2D eigenvalue weighted by Gasteiger charge is 2.17. The molecule has 1 heterocycles. The normalized spacial score (nSPS) is 12.6. The fourth-order valence-corrected chi connectivity index (χ4v) is 3.04. The quantitative estimate of drug-likeness (QED) is 0.853. The van der Waals surface area contributed by atoms with Gasteiger partial charge in [-0.05, 0) is 37.6 Å². The second-order valence-electron chi connectivity index (χ2n) is 4.39. The van der Waals surface area contributed by atoms with Gasteiger partial charge in [0.2, 0.25) is 0 Å². The van der Waals surface area contributed by atoms with Gasteiger partial charge in [0, 0.05) is 11.1 Å². The molecule has 2 rings (SSSR count). The van der Waals surface area contributed by atoms with Crippen LogP contribution in [0.2, 0.25) is 10.0 Å². The number of aryl methyl sites for hydroxylation is 1. The molecule has 1 atom stereocenters. The van der Waals surface area contributed by atoms with E-state index >= 15 is 0 Å². The third-order valence-electron chi connectivity index (χ3n) is 2.76. The van der Waals surface area contributed by atoms with Crippen LogP contribution in [0.3, 0.4) is 0 Å². The molecule has 0 aliphatic rings. The van der Waals surface area contributed by atoms with Crippen LogP contribution in [0.25, 0.3) is 0 Å². The molecule has 5 heteroatoms. The molecule has 2 nitrogen and oxygen atoms in total. The molecule has 1 aromatic carbocycles. The van der Waals surface area contributed by atoms with Crippen LogP contribution in [0, 0.1) is 6.92 Å². The van der Waals surface area contributed by atoms with Gasteiger partial charge in [-0.2, -0.15) is 0 Å². The van der Waals surface area contributed by atoms with Crippen LogP contribution in [0.1, 0.15) is 35.7 Å². The lowest BCUT2D eigenvalue weighted by atomic mass is 10.1. The van der Waals surface area contributed by atoms with E-state index in [1.54, 1.807) is 11.3 Å². The van der Waals surface area contributed by atoms with Gasteiger partial charge in [0.1, 0.15) is 5.01 Å². The van der Waals surface area contributed by atoms with Crippen molar-refractivity contribution in [2.75, 3.05) is 6.54 Å². The molecule has 0 radical (unpaired) electrons. The van der Waals surface area contributed by atoms with E-state index in [0.29, 0.717) is 10.0 Å². The summed E-state index contributed by atoms with van der Waals surface area (Å²) in [6.07, 6.45) is 1.07. The summed E-state index contributed by atoms with van der Waals surface area (Å²) < 4.78 is 0. The minimum absolute atomic E-state index is 0.0772. The highest BCUT2D eigenvalue weighted by molar-refractivity contribution is 7.09. The summed E-state index contributed by atoms with van der Waals surface area (Å²) in [6, 6.07) is 5.82. The summed E-state index contributed by atoms with van der Waals surface area (Å²) in [5.74, 6) is 0. The zero-order valence-electron chi connectivity index (χ0n) is 10.9. The van der Waals surface area contributed by atoms with E-state index in [1.807, 2.05) is 25.1 Å². The third kappa shape index (κ3) is 3.69. The van der Waals surface area contributed by atoms with Gasteiger partial charge in [-0.25, -0.2) is 4.98 Å². The fourth-order valence-electron chi connectivity index (χ4n) is 1.83. The Morgan fingerprint density at radius 2 is 2.11 bits per heavy atom. The second kappa shape index (κ2) is 6.71. The number of nitrogens with one attached hydrogen (secondary N) is 1. The molecule has 0 fully saturated rings. The highest BCUT2D eigenvalue weighted by Crippen LogP contribution is 2.30. The monoisotopic (exact) mass is 314 g/mol. The van der Waals surface area contributed by atoms with Crippen molar-refractivity contribution in [2.24, 2.45) is 0 Å². The predicted molar refractivity (Wildman–Crippen MR) is 83.4 cm³/mol. The molecule has 102 valence electrons. The van der Waals surface area contributed by atoms with Gasteiger partial charge in [0.15, 0.2) is 0 Å². The van der Waals surface area contributed by atoms with Gasteiger partial charge in [0.25, 0.3) is 0 Å². The summed E-state index contributed by atoms with van der Waals surface area (Å²) in [6.45, 7) is 5.08. The summed E-state index contributed by atoms with van der Waals surface area (Å²) in [5.41, 5.74) is 2.14. The van der Waals surface area contributed by atoms with Crippen LogP contribution < -0.4 is 5.32 Å². The maximum Gasteiger partial charge on any atom is 0.114 e. The van der Waals surface area contributed by atoms with Crippen molar-refractivity contribution >= 4 is 34.5 Å². The summed E-state index contributed by atoms with van der Waals surface area (Å²) in [7, 11) is 0. The van der Waals surface area contributed by atoms with Crippen molar-refractivity contribution in [3.63, 3.8) is 0 Å². The van der Waals surface area contributed by atoms with E-state index < -0.39 is 0 Å². The Labute approximate surface area is 127 Å². The number of hydrogen-bond donors (Lipinski definition) is 1. The molecule has 19 heavy (non-hydrogen) atoms. The van der Waals surface area contributed by atoms with Crippen LogP contribution in [0.4, 0.5) is 0 Å². The first-order valence-electron chi connectivity index (χ1n) is 6.22. The number of halogens is 2. The Balaban J connectivity index is 2.33. The standard InChI is InChI=1S/C14H16Cl2N2S/c1-3-6-17-13(14-18-9(2)8-19-14)10-4-5-11(15)12(16)7-10/h4-5,7-8,13,17H,3,6H2,1-2H3. The predicted octanol–water partition coefficient (Wildman–Crippen LogP) is 4.85. The Morgan fingerprint density at radius 1 is 1.32 bits per heavy atom. The van der Waals surface area contributed by atoms with Crippen LogP contribution in [0.15, 0.2) is 23.6 Å². The zero-order chi connectivity index (χ0) is 13.8. The van der Waals surface area contributed by atoms with Crippen LogP contribution in [-0.4, -0.2) is 11.5 Å². The molecule has 0 aliphatic heterocycles. The minimum Gasteiger partial charge on any atom is -0.304 e. The largest absolute Gasteiger partial charge is 0.304 e. The molecule has 1 aromatic heterocycles. The lowest BCUT2D eigenvalue weighted by molar-refractivity contribution is 0.595. The van der Waals surface area contributed by atoms with Crippen molar-refractivity contribution in [1.29, 1.82) is 0 Å². The second-order valence-corrected chi connectivity index (χ2v) is 6.09. The van der Waals surface area contributed by atoms with Gasteiger partial charge in [-0.3, -0.25) is 0 Å². The summed E-state index contributed by atoms with van der Waals surface area (Å²) >= 11 is 13.7. The van der Waals surface area contributed by atoms with Gasteiger partial charge in [0.05, 0.1) is 16.1 Å². The van der Waals surface area contributed by atoms with Gasteiger partial charge in [-0.15, -0.1) is 11.3 Å². The highest BCUT2D eigenvalue weighted by atomic mass is 35.5. The number of hydrogen-bond acceptors (Lipinski definition) is 3. The molecular weight excluding hydrogens is 299 g/mol. The molecule has 0 amide bonds. The lowest BCUT2D eigenvalue weighted by Crippen LogP contribution is -2.23. The van der Waals surface area contributed by atoms with E-state index in [0.717, 1.165) is 29.2 Å². The van der Waals surface area contributed by atoms with Crippen molar-refractivity contribution < 1.29 is 0 Å². The number of rotatable bonds is 5. The van der Waals surface area contributed by atoms with Crippen LogP contribution in [-0.2, 0) is 0 Å². The maximum atomic E-state index is 6.11. The average molecular weight is 315 g/mol. The SMILES string of the molecule is CCCNC(c1ccc(Cl)c(Cl)c1)c1nc(C)cs1. The number of thiazole rings is 1. The average Bonchev–Trinajstić information content (AvgIpc) is 2.80. The molecule has 0 saturated carbocycles. The van der Waals surface area contributed by atoms with E-state index in [4.69, 9.17) is 23.2 Å². The molecule has 2 aromatic rings. The molecule has 0 aliphatic carbocycles. The Hall–Kier alpha value is -0.610. The lowest BCUT2D eigenvalue weighted by Gasteiger charge is -2.17. The molecule has 0 spiro atoms. The Kier molecular flexibility index (Phi) is 5.22. The van der Waals surface area contributed by atoms with E-state index in [2.05, 4.69) is 22.6 Å².